The van der Waals surface area contributed by atoms with E-state index < -0.39 is 54.6 Å². The minimum Gasteiger partial charge on any atom is -0.489 e. The molecule has 13 heteroatoms. The van der Waals surface area contributed by atoms with Crippen molar-refractivity contribution < 1.29 is 45.8 Å². The second-order valence-electron chi connectivity index (χ2n) is 4.28. The van der Waals surface area contributed by atoms with Crippen LogP contribution in [0.4, 0.5) is 26.7 Å². The summed E-state index contributed by atoms with van der Waals surface area (Å²) in [5.41, 5.74) is 4.97. The molecule has 0 spiro atoms. The van der Waals surface area contributed by atoms with Gasteiger partial charge in [-0.2, -0.15) is 22.0 Å². The minimum absolute atomic E-state index is 0.519. The van der Waals surface area contributed by atoms with Gasteiger partial charge in [0.1, 0.15) is 0 Å². The molecule has 0 aliphatic rings. The minimum atomic E-state index is -5.81. The van der Waals surface area contributed by atoms with Crippen molar-refractivity contribution in [2.45, 2.75) is 12.1 Å². The maximum absolute atomic E-state index is 12.9. The van der Waals surface area contributed by atoms with E-state index in [0.29, 0.717) is 0 Å². The van der Waals surface area contributed by atoms with E-state index in [9.17, 15) is 31.5 Å². The van der Waals surface area contributed by atoms with Crippen LogP contribution in [0.5, 0.6) is 17.4 Å². The number of hydrogen-bond donors (Lipinski definition) is 2. The number of nitrogens with zero attached hydrogens (tertiary/aromatic N) is 1. The number of aromatic nitrogens is 1. The van der Waals surface area contributed by atoms with Crippen LogP contribution in [0.2, 0.25) is 0 Å². The first-order valence-corrected chi connectivity index (χ1v) is 6.34. The molecule has 3 N–H and O–H groups in total. The summed E-state index contributed by atoms with van der Waals surface area (Å²) in [6.45, 7) is -2.55. The molecule has 2 amide bonds. The van der Waals surface area contributed by atoms with Crippen LogP contribution in [0.15, 0.2) is 12.3 Å². The maximum atomic E-state index is 12.9. The Balaban J connectivity index is 2.93. The van der Waals surface area contributed by atoms with Gasteiger partial charge in [0.25, 0.3) is 5.88 Å². The lowest BCUT2D eigenvalue weighted by Crippen LogP contribution is -2.41. The van der Waals surface area contributed by atoms with Crippen LogP contribution in [-0.2, 0) is 4.79 Å². The van der Waals surface area contributed by atoms with Gasteiger partial charge in [0.2, 0.25) is 11.7 Å². The lowest BCUT2D eigenvalue weighted by molar-refractivity contribution is -0.290. The van der Waals surface area contributed by atoms with Gasteiger partial charge in [0.15, 0.2) is 12.4 Å². The first kappa shape index (κ1) is 20.3. The number of ether oxygens (including phenoxy) is 3. The van der Waals surface area contributed by atoms with E-state index in [1.54, 1.807) is 5.32 Å². The Kier molecular flexibility index (Phi) is 6.44. The highest BCUT2D eigenvalue weighted by Gasteiger charge is 2.58. The lowest BCUT2D eigenvalue weighted by Gasteiger charge is -2.20. The third-order valence-corrected chi connectivity index (χ3v) is 2.48. The third-order valence-electron chi connectivity index (χ3n) is 2.48. The van der Waals surface area contributed by atoms with Gasteiger partial charge in [-0.25, -0.2) is 9.78 Å². The summed E-state index contributed by atoms with van der Waals surface area (Å²) in [5, 5.41) is 1.69. The number of pyridine rings is 1. The van der Waals surface area contributed by atoms with Gasteiger partial charge < -0.3 is 19.9 Å². The normalized spacial score (nSPS) is 11.6. The number of carbonyl (C=O) groups excluding carboxylic acids is 2. The zero-order valence-electron chi connectivity index (χ0n) is 12.5. The summed E-state index contributed by atoms with van der Waals surface area (Å²) < 4.78 is 75.9. The van der Waals surface area contributed by atoms with Gasteiger partial charge in [-0.3, -0.25) is 10.1 Å². The second kappa shape index (κ2) is 7.92. The van der Waals surface area contributed by atoms with Gasteiger partial charge in [0, 0.05) is 12.3 Å². The molecule has 0 atom stereocenters. The van der Waals surface area contributed by atoms with Crippen molar-refractivity contribution in [3.63, 3.8) is 0 Å². The number of nitrogens with two attached hydrogens (primary N) is 1. The summed E-state index contributed by atoms with van der Waals surface area (Å²) >= 11 is 0. The second-order valence-corrected chi connectivity index (χ2v) is 4.28. The van der Waals surface area contributed by atoms with Crippen LogP contribution in [-0.4, -0.2) is 49.3 Å². The van der Waals surface area contributed by atoms with Gasteiger partial charge in [-0.05, 0) is 0 Å². The third kappa shape index (κ3) is 5.41. The number of halogens is 5. The molecule has 0 bridgehead atoms. The monoisotopic (exact) mass is 373 g/mol. The summed E-state index contributed by atoms with van der Waals surface area (Å²) in [6.07, 6.45) is -6.23. The molecule has 1 aromatic heterocycles. The number of amides is 2. The van der Waals surface area contributed by atoms with Crippen molar-refractivity contribution in [1.29, 1.82) is 0 Å². The predicted octanol–water partition coefficient (Wildman–Crippen LogP) is 1.24. The average Bonchev–Trinajstić information content (AvgIpc) is 2.51. The lowest BCUT2D eigenvalue weighted by atomic mass is 10.3. The molecule has 0 saturated heterocycles. The van der Waals surface area contributed by atoms with Crippen LogP contribution >= 0.6 is 0 Å². The number of rotatable bonds is 6. The first-order valence-electron chi connectivity index (χ1n) is 6.34. The molecule has 1 rings (SSSR count). The van der Waals surface area contributed by atoms with Gasteiger partial charge in [0.05, 0.1) is 13.7 Å². The molecule has 1 heterocycles. The molecular weight excluding hydrogens is 361 g/mol. The SMILES string of the molecule is COc1c(OCC(F)(F)C(F)(F)F)ccnc1OC(=O)NC(=O)CN. The van der Waals surface area contributed by atoms with Gasteiger partial charge in [-0.1, -0.05) is 0 Å². The van der Waals surface area contributed by atoms with Crippen molar-refractivity contribution in [2.75, 3.05) is 20.3 Å². The van der Waals surface area contributed by atoms with Gasteiger partial charge >= 0.3 is 18.2 Å². The average molecular weight is 373 g/mol. The number of alkyl halides is 5. The molecular formula is C12H12F5N3O5. The van der Waals surface area contributed by atoms with E-state index >= 15 is 0 Å². The van der Waals surface area contributed by atoms with E-state index in [4.69, 9.17) is 10.5 Å². The molecule has 0 fully saturated rings. The van der Waals surface area contributed by atoms with Crippen molar-refractivity contribution in [2.24, 2.45) is 5.73 Å². The summed E-state index contributed by atoms with van der Waals surface area (Å²) in [6, 6.07) is 0.918. The molecule has 8 nitrogen and oxygen atoms in total. The first-order chi connectivity index (χ1) is 11.5. The summed E-state index contributed by atoms with van der Waals surface area (Å²) in [4.78, 5) is 25.9. The zero-order valence-corrected chi connectivity index (χ0v) is 12.5. The Morgan fingerprint density at radius 1 is 1.28 bits per heavy atom. The maximum Gasteiger partial charge on any atom is 0.456 e. The van der Waals surface area contributed by atoms with E-state index in [0.717, 1.165) is 19.4 Å². The van der Waals surface area contributed by atoms with Crippen LogP contribution in [0.3, 0.4) is 0 Å². The van der Waals surface area contributed by atoms with Crippen molar-refractivity contribution in [1.82, 2.24) is 10.3 Å². The number of methoxy groups -OCH3 is 1. The van der Waals surface area contributed by atoms with E-state index in [1.807, 2.05) is 0 Å². The number of carbonyl (C=O) groups is 2. The molecule has 25 heavy (non-hydrogen) atoms. The molecule has 0 unspecified atom stereocenters. The Morgan fingerprint density at radius 3 is 2.44 bits per heavy atom. The Hall–Kier alpha value is -2.70. The number of nitrogens with one attached hydrogen (secondary N) is 1. The largest absolute Gasteiger partial charge is 0.489 e. The highest BCUT2D eigenvalue weighted by molar-refractivity contribution is 5.93. The van der Waals surface area contributed by atoms with Crippen molar-refractivity contribution in [3.05, 3.63) is 12.3 Å². The summed E-state index contributed by atoms with van der Waals surface area (Å²) in [5.74, 6) is -7.75. The highest BCUT2D eigenvalue weighted by Crippen LogP contribution is 2.39. The van der Waals surface area contributed by atoms with Crippen molar-refractivity contribution >= 4 is 12.0 Å². The summed E-state index contributed by atoms with van der Waals surface area (Å²) in [7, 11) is 1.00. The smallest absolute Gasteiger partial charge is 0.456 e. The van der Waals surface area contributed by atoms with Crippen LogP contribution < -0.4 is 25.3 Å². The van der Waals surface area contributed by atoms with Crippen LogP contribution in [0.25, 0.3) is 0 Å². The molecule has 0 aliphatic heterocycles. The number of hydrogen-bond acceptors (Lipinski definition) is 7. The van der Waals surface area contributed by atoms with E-state index in [-0.39, 0.29) is 0 Å². The highest BCUT2D eigenvalue weighted by atomic mass is 19.4. The van der Waals surface area contributed by atoms with E-state index in [1.165, 1.54) is 0 Å². The predicted molar refractivity (Wildman–Crippen MR) is 70.5 cm³/mol. The Labute approximate surface area is 137 Å². The Morgan fingerprint density at radius 2 is 1.92 bits per heavy atom. The fraction of sp³-hybridized carbons (Fsp3) is 0.417. The molecule has 0 aliphatic carbocycles. The molecule has 0 aromatic carbocycles. The molecule has 0 radical (unpaired) electrons. The quantitative estimate of drug-likeness (QED) is 0.722. The topological polar surface area (TPSA) is 113 Å². The molecule has 140 valence electrons. The fourth-order valence-electron chi connectivity index (χ4n) is 1.32. The number of imide groups is 1. The van der Waals surface area contributed by atoms with E-state index in [2.05, 4.69) is 14.5 Å². The fourth-order valence-corrected chi connectivity index (χ4v) is 1.32. The van der Waals surface area contributed by atoms with Crippen LogP contribution in [0.1, 0.15) is 0 Å². The standard InChI is InChI=1S/C12H12F5N3O5/c1-23-8-6(24-5-11(13,14)12(15,16)17)2-3-19-9(8)25-10(22)20-7(21)4-18/h2-3H,4-5,18H2,1H3,(H,20,21,22). The van der Waals surface area contributed by atoms with Crippen LogP contribution in [0, 0.1) is 0 Å². The molecule has 0 saturated carbocycles. The zero-order chi connectivity index (χ0) is 19.3. The van der Waals surface area contributed by atoms with Crippen molar-refractivity contribution in [3.8, 4) is 17.4 Å². The Bertz CT molecular complexity index is 638. The molecule has 1 aromatic rings. The van der Waals surface area contributed by atoms with Gasteiger partial charge in [-0.15, -0.1) is 0 Å².